The second-order valence-corrected chi connectivity index (χ2v) is 4.04. The van der Waals surface area contributed by atoms with Gasteiger partial charge in [0.2, 0.25) is 0 Å². The van der Waals surface area contributed by atoms with Gasteiger partial charge in [-0.25, -0.2) is 0 Å². The van der Waals surface area contributed by atoms with E-state index in [1.165, 1.54) is 0 Å². The molecule has 2 nitrogen and oxygen atoms in total. The van der Waals surface area contributed by atoms with E-state index < -0.39 is 5.60 Å². The van der Waals surface area contributed by atoms with Crippen molar-refractivity contribution in [2.45, 2.75) is 25.4 Å². The lowest BCUT2D eigenvalue weighted by Crippen LogP contribution is -2.04. The summed E-state index contributed by atoms with van der Waals surface area (Å²) in [6.07, 6.45) is 1.54. The van der Waals surface area contributed by atoms with Crippen molar-refractivity contribution in [3.8, 4) is 5.75 Å². The van der Waals surface area contributed by atoms with Gasteiger partial charge in [0.05, 0.1) is 10.6 Å². The maximum atomic E-state index is 9.79. The van der Waals surface area contributed by atoms with Crippen molar-refractivity contribution in [3.63, 3.8) is 0 Å². The van der Waals surface area contributed by atoms with Crippen LogP contribution in [-0.4, -0.2) is 10.2 Å². The first-order valence-electron chi connectivity index (χ1n) is 4.25. The summed E-state index contributed by atoms with van der Waals surface area (Å²) in [5.41, 5.74) is 0.871. The molecule has 0 saturated heterocycles. The van der Waals surface area contributed by atoms with Gasteiger partial charge in [0, 0.05) is 0 Å². The number of benzene rings is 1. The molecule has 0 bridgehead atoms. The Morgan fingerprint density at radius 1 is 1.38 bits per heavy atom. The summed E-state index contributed by atoms with van der Waals surface area (Å²) in [7, 11) is 0. The molecule has 70 valence electrons. The molecule has 13 heavy (non-hydrogen) atoms. The van der Waals surface area contributed by atoms with Crippen molar-refractivity contribution in [1.29, 1.82) is 0 Å². The minimum absolute atomic E-state index is 0.0528. The first-order chi connectivity index (χ1) is 6.03. The lowest BCUT2D eigenvalue weighted by atomic mass is 10.0. The average molecular weight is 199 g/mol. The average Bonchev–Trinajstić information content (AvgIpc) is 2.80. The zero-order chi connectivity index (χ0) is 9.64. The third-order valence-corrected chi connectivity index (χ3v) is 2.99. The molecule has 3 heteroatoms. The highest BCUT2D eigenvalue weighted by atomic mass is 35.5. The molecule has 0 amide bonds. The third kappa shape index (κ3) is 1.40. The smallest absolute Gasteiger partial charge is 0.134 e. The van der Waals surface area contributed by atoms with Crippen LogP contribution in [0.15, 0.2) is 12.1 Å². The van der Waals surface area contributed by atoms with Gasteiger partial charge in [-0.3, -0.25) is 0 Å². The lowest BCUT2D eigenvalue weighted by Gasteiger charge is -2.10. The van der Waals surface area contributed by atoms with Crippen LogP contribution in [0.3, 0.4) is 0 Å². The predicted octanol–water partition coefficient (Wildman–Crippen LogP) is 2.34. The van der Waals surface area contributed by atoms with Gasteiger partial charge in [0.1, 0.15) is 5.75 Å². The molecule has 1 saturated carbocycles. The van der Waals surface area contributed by atoms with Crippen LogP contribution < -0.4 is 0 Å². The van der Waals surface area contributed by atoms with E-state index in [-0.39, 0.29) is 5.75 Å². The molecule has 0 aromatic heterocycles. The van der Waals surface area contributed by atoms with Gasteiger partial charge in [-0.15, -0.1) is 0 Å². The fourth-order valence-corrected chi connectivity index (χ4v) is 1.54. The quantitative estimate of drug-likeness (QED) is 0.727. The van der Waals surface area contributed by atoms with Gasteiger partial charge in [-0.2, -0.15) is 0 Å². The van der Waals surface area contributed by atoms with Gasteiger partial charge < -0.3 is 10.2 Å². The van der Waals surface area contributed by atoms with Crippen molar-refractivity contribution in [2.24, 2.45) is 0 Å². The molecule has 0 radical (unpaired) electrons. The largest absolute Gasteiger partial charge is 0.506 e. The maximum absolute atomic E-state index is 9.79. The SMILES string of the molecule is Cc1cc(C2(O)CC2)cc(O)c1Cl. The van der Waals surface area contributed by atoms with E-state index >= 15 is 0 Å². The number of hydrogen-bond acceptors (Lipinski definition) is 2. The summed E-state index contributed by atoms with van der Waals surface area (Å²) >= 11 is 5.79. The lowest BCUT2D eigenvalue weighted by molar-refractivity contribution is 0.151. The molecule has 1 aromatic carbocycles. The van der Waals surface area contributed by atoms with Gasteiger partial charge in [0.15, 0.2) is 0 Å². The first-order valence-corrected chi connectivity index (χ1v) is 4.63. The second kappa shape index (κ2) is 2.63. The van der Waals surface area contributed by atoms with E-state index in [2.05, 4.69) is 0 Å². The molecule has 0 spiro atoms. The predicted molar refractivity (Wildman–Crippen MR) is 51.0 cm³/mol. The molecule has 0 heterocycles. The van der Waals surface area contributed by atoms with Crippen LogP contribution in [-0.2, 0) is 5.60 Å². The molecule has 2 rings (SSSR count). The van der Waals surface area contributed by atoms with Crippen LogP contribution in [0.5, 0.6) is 5.75 Å². The Labute approximate surface area is 81.8 Å². The molecular weight excluding hydrogens is 188 g/mol. The Morgan fingerprint density at radius 2 is 2.00 bits per heavy atom. The van der Waals surface area contributed by atoms with Crippen LogP contribution in [0, 0.1) is 6.92 Å². The van der Waals surface area contributed by atoms with E-state index in [4.69, 9.17) is 11.6 Å². The van der Waals surface area contributed by atoms with Gasteiger partial charge >= 0.3 is 0 Å². The van der Waals surface area contributed by atoms with Crippen LogP contribution in [0.1, 0.15) is 24.0 Å². The number of aryl methyl sites for hydroxylation is 1. The van der Waals surface area contributed by atoms with E-state index in [1.807, 2.05) is 13.0 Å². The number of rotatable bonds is 1. The minimum atomic E-state index is -0.702. The molecule has 1 aliphatic carbocycles. The Kier molecular flexibility index (Phi) is 1.79. The number of halogens is 1. The molecule has 2 N–H and O–H groups in total. The minimum Gasteiger partial charge on any atom is -0.506 e. The van der Waals surface area contributed by atoms with Crippen molar-refractivity contribution < 1.29 is 10.2 Å². The number of hydrogen-bond donors (Lipinski definition) is 2. The maximum Gasteiger partial charge on any atom is 0.134 e. The number of phenols is 1. The monoisotopic (exact) mass is 198 g/mol. The van der Waals surface area contributed by atoms with Crippen LogP contribution in [0.4, 0.5) is 0 Å². The second-order valence-electron chi connectivity index (χ2n) is 3.66. The number of aliphatic hydroxyl groups is 1. The van der Waals surface area contributed by atoms with Gasteiger partial charge in [-0.05, 0) is 37.0 Å². The summed E-state index contributed by atoms with van der Waals surface area (Å²) in [5, 5.41) is 19.6. The third-order valence-electron chi connectivity index (χ3n) is 2.50. The fourth-order valence-electron chi connectivity index (χ4n) is 1.43. The standard InChI is InChI=1S/C10H11ClO2/c1-6-4-7(10(13)2-3-10)5-8(12)9(6)11/h4-5,12-13H,2-3H2,1H3. The Morgan fingerprint density at radius 3 is 2.46 bits per heavy atom. The zero-order valence-electron chi connectivity index (χ0n) is 7.34. The summed E-state index contributed by atoms with van der Waals surface area (Å²) in [4.78, 5) is 0. The molecule has 0 aliphatic heterocycles. The topological polar surface area (TPSA) is 40.5 Å². The molecule has 0 unspecified atom stereocenters. The van der Waals surface area contributed by atoms with E-state index in [1.54, 1.807) is 6.07 Å². The first kappa shape index (κ1) is 8.85. The highest BCUT2D eigenvalue weighted by molar-refractivity contribution is 6.32. The van der Waals surface area contributed by atoms with Crippen molar-refractivity contribution >= 4 is 11.6 Å². The molecule has 1 fully saturated rings. The van der Waals surface area contributed by atoms with Crippen molar-refractivity contribution in [1.82, 2.24) is 0 Å². The summed E-state index contributed by atoms with van der Waals surface area (Å²) in [6.45, 7) is 1.82. The van der Waals surface area contributed by atoms with E-state index in [0.717, 1.165) is 24.0 Å². The van der Waals surface area contributed by atoms with Crippen LogP contribution in [0.2, 0.25) is 5.02 Å². The molecule has 1 aromatic rings. The Balaban J connectivity index is 2.50. The fraction of sp³-hybridized carbons (Fsp3) is 0.400. The molecule has 0 atom stereocenters. The highest BCUT2D eigenvalue weighted by Crippen LogP contribution is 2.47. The Bertz CT molecular complexity index is 333. The van der Waals surface area contributed by atoms with E-state index in [9.17, 15) is 10.2 Å². The summed E-state index contributed by atoms with van der Waals surface area (Å²) in [5.74, 6) is 0.0528. The van der Waals surface area contributed by atoms with Crippen molar-refractivity contribution in [3.05, 3.63) is 28.3 Å². The highest BCUT2D eigenvalue weighted by Gasteiger charge is 2.42. The van der Waals surface area contributed by atoms with Crippen LogP contribution >= 0.6 is 11.6 Å². The molecule has 1 aliphatic rings. The molecular formula is C10H11ClO2. The Hall–Kier alpha value is -0.730. The number of phenolic OH excluding ortho intramolecular Hbond substituents is 1. The summed E-state index contributed by atoms with van der Waals surface area (Å²) in [6, 6.07) is 3.37. The van der Waals surface area contributed by atoms with Crippen molar-refractivity contribution in [2.75, 3.05) is 0 Å². The van der Waals surface area contributed by atoms with Gasteiger partial charge in [0.25, 0.3) is 0 Å². The van der Waals surface area contributed by atoms with Crippen LogP contribution in [0.25, 0.3) is 0 Å². The summed E-state index contributed by atoms with van der Waals surface area (Å²) < 4.78 is 0. The zero-order valence-corrected chi connectivity index (χ0v) is 8.10. The van der Waals surface area contributed by atoms with Gasteiger partial charge in [-0.1, -0.05) is 17.7 Å². The van der Waals surface area contributed by atoms with E-state index in [0.29, 0.717) is 5.02 Å². The number of aromatic hydroxyl groups is 1. The normalized spacial score (nSPS) is 18.7.